The quantitative estimate of drug-likeness (QED) is 0.818. The fourth-order valence-electron chi connectivity index (χ4n) is 2.88. The van der Waals surface area contributed by atoms with Crippen molar-refractivity contribution in [1.29, 1.82) is 0 Å². The SMILES string of the molecule is CC1CCCC1(CN)c1ccc(Cl)cc1. The van der Waals surface area contributed by atoms with Crippen molar-refractivity contribution in [3.8, 4) is 0 Å². The number of benzene rings is 1. The number of halogens is 1. The lowest BCUT2D eigenvalue weighted by Gasteiger charge is -2.33. The van der Waals surface area contributed by atoms with Crippen LogP contribution in [0.15, 0.2) is 24.3 Å². The zero-order valence-corrected chi connectivity index (χ0v) is 9.93. The Morgan fingerprint density at radius 1 is 1.40 bits per heavy atom. The number of hydrogen-bond donors (Lipinski definition) is 1. The predicted molar refractivity (Wildman–Crippen MR) is 65.2 cm³/mol. The van der Waals surface area contributed by atoms with Gasteiger partial charge in [0.1, 0.15) is 0 Å². The van der Waals surface area contributed by atoms with Gasteiger partial charge in [0.15, 0.2) is 0 Å². The maximum absolute atomic E-state index is 6.00. The summed E-state index contributed by atoms with van der Waals surface area (Å²) in [6.07, 6.45) is 3.80. The summed E-state index contributed by atoms with van der Waals surface area (Å²) >= 11 is 5.91. The van der Waals surface area contributed by atoms with Gasteiger partial charge in [0, 0.05) is 17.0 Å². The van der Waals surface area contributed by atoms with E-state index in [1.54, 1.807) is 0 Å². The molecule has 2 heteroatoms. The van der Waals surface area contributed by atoms with Gasteiger partial charge in [-0.15, -0.1) is 0 Å². The van der Waals surface area contributed by atoms with Crippen LogP contribution in [-0.2, 0) is 5.41 Å². The van der Waals surface area contributed by atoms with Gasteiger partial charge in [0.2, 0.25) is 0 Å². The van der Waals surface area contributed by atoms with Crippen LogP contribution in [0.3, 0.4) is 0 Å². The van der Waals surface area contributed by atoms with Crippen LogP contribution < -0.4 is 5.73 Å². The van der Waals surface area contributed by atoms with Crippen LogP contribution in [0.25, 0.3) is 0 Å². The van der Waals surface area contributed by atoms with E-state index >= 15 is 0 Å². The zero-order chi connectivity index (χ0) is 10.9. The third-order valence-corrected chi connectivity index (χ3v) is 4.24. The normalized spacial score (nSPS) is 30.7. The second-order valence-electron chi connectivity index (χ2n) is 4.66. The molecule has 0 bridgehead atoms. The van der Waals surface area contributed by atoms with Gasteiger partial charge in [-0.25, -0.2) is 0 Å². The molecule has 0 saturated heterocycles. The molecular formula is C13H18ClN. The average Bonchev–Trinajstić information content (AvgIpc) is 2.62. The van der Waals surface area contributed by atoms with Crippen LogP contribution in [0, 0.1) is 5.92 Å². The van der Waals surface area contributed by atoms with Gasteiger partial charge < -0.3 is 5.73 Å². The molecule has 0 amide bonds. The lowest BCUT2D eigenvalue weighted by Crippen LogP contribution is -2.37. The van der Waals surface area contributed by atoms with E-state index in [-0.39, 0.29) is 5.41 Å². The maximum Gasteiger partial charge on any atom is 0.0406 e. The number of nitrogens with two attached hydrogens (primary N) is 1. The minimum atomic E-state index is 0.199. The summed E-state index contributed by atoms with van der Waals surface area (Å²) < 4.78 is 0. The largest absolute Gasteiger partial charge is 0.330 e. The van der Waals surface area contributed by atoms with E-state index in [1.165, 1.54) is 24.8 Å². The Balaban J connectivity index is 2.37. The van der Waals surface area contributed by atoms with E-state index in [4.69, 9.17) is 17.3 Å². The predicted octanol–water partition coefficient (Wildman–Crippen LogP) is 3.36. The molecule has 0 spiro atoms. The highest BCUT2D eigenvalue weighted by atomic mass is 35.5. The lowest BCUT2D eigenvalue weighted by molar-refractivity contribution is 0.346. The first-order valence-electron chi connectivity index (χ1n) is 5.65. The van der Waals surface area contributed by atoms with E-state index in [2.05, 4.69) is 19.1 Å². The summed E-state index contributed by atoms with van der Waals surface area (Å²) in [6, 6.07) is 8.21. The van der Waals surface area contributed by atoms with Gasteiger partial charge in [-0.05, 0) is 36.5 Å². The molecule has 82 valence electrons. The van der Waals surface area contributed by atoms with Crippen molar-refractivity contribution < 1.29 is 0 Å². The van der Waals surface area contributed by atoms with Crippen LogP contribution in [-0.4, -0.2) is 6.54 Å². The molecule has 0 heterocycles. The van der Waals surface area contributed by atoms with E-state index in [0.29, 0.717) is 5.92 Å². The van der Waals surface area contributed by atoms with Gasteiger partial charge in [-0.1, -0.05) is 37.1 Å². The van der Waals surface area contributed by atoms with E-state index in [1.807, 2.05) is 12.1 Å². The van der Waals surface area contributed by atoms with Crippen molar-refractivity contribution in [1.82, 2.24) is 0 Å². The molecule has 0 aliphatic heterocycles. The van der Waals surface area contributed by atoms with Gasteiger partial charge in [0.05, 0.1) is 0 Å². The molecular weight excluding hydrogens is 206 g/mol. The molecule has 0 radical (unpaired) electrons. The van der Waals surface area contributed by atoms with Crippen LogP contribution in [0.5, 0.6) is 0 Å². The summed E-state index contributed by atoms with van der Waals surface area (Å²) in [5.41, 5.74) is 7.56. The second-order valence-corrected chi connectivity index (χ2v) is 5.10. The molecule has 1 fully saturated rings. The molecule has 1 aliphatic rings. The summed E-state index contributed by atoms with van der Waals surface area (Å²) in [5, 5.41) is 0.802. The first kappa shape index (κ1) is 11.0. The highest BCUT2D eigenvalue weighted by Gasteiger charge is 2.40. The minimum Gasteiger partial charge on any atom is -0.330 e. The summed E-state index contributed by atoms with van der Waals surface area (Å²) in [5.74, 6) is 0.684. The van der Waals surface area contributed by atoms with Crippen LogP contribution >= 0.6 is 11.6 Å². The molecule has 2 N–H and O–H groups in total. The highest BCUT2D eigenvalue weighted by Crippen LogP contribution is 2.44. The van der Waals surface area contributed by atoms with Crippen molar-refractivity contribution in [3.63, 3.8) is 0 Å². The molecule has 2 atom stereocenters. The Morgan fingerprint density at radius 2 is 2.07 bits per heavy atom. The summed E-state index contributed by atoms with van der Waals surface area (Å²) in [7, 11) is 0. The molecule has 0 aromatic heterocycles. The summed E-state index contributed by atoms with van der Waals surface area (Å²) in [6.45, 7) is 3.06. The monoisotopic (exact) mass is 223 g/mol. The molecule has 15 heavy (non-hydrogen) atoms. The second kappa shape index (κ2) is 4.15. The zero-order valence-electron chi connectivity index (χ0n) is 9.17. The van der Waals surface area contributed by atoms with Crippen LogP contribution in [0.2, 0.25) is 5.02 Å². The lowest BCUT2D eigenvalue weighted by atomic mass is 9.73. The van der Waals surface area contributed by atoms with E-state index < -0.39 is 0 Å². The Hall–Kier alpha value is -0.530. The Morgan fingerprint density at radius 3 is 2.53 bits per heavy atom. The standard InChI is InChI=1S/C13H18ClN/c1-10-3-2-8-13(10,9-15)11-4-6-12(14)7-5-11/h4-7,10H,2-3,8-9,15H2,1H3. The van der Waals surface area contributed by atoms with Gasteiger partial charge in [-0.3, -0.25) is 0 Å². The third-order valence-electron chi connectivity index (χ3n) is 3.99. The van der Waals surface area contributed by atoms with E-state index in [0.717, 1.165) is 11.6 Å². The number of rotatable bonds is 2. The third kappa shape index (κ3) is 1.79. The molecule has 1 saturated carbocycles. The Bertz CT molecular complexity index is 333. The Kier molecular flexibility index (Phi) is 3.03. The minimum absolute atomic E-state index is 0.199. The van der Waals surface area contributed by atoms with Crippen LogP contribution in [0.4, 0.5) is 0 Å². The number of hydrogen-bond acceptors (Lipinski definition) is 1. The van der Waals surface area contributed by atoms with Crippen molar-refractivity contribution in [3.05, 3.63) is 34.9 Å². The summed E-state index contributed by atoms with van der Waals surface area (Å²) in [4.78, 5) is 0. The molecule has 2 unspecified atom stereocenters. The fourth-order valence-corrected chi connectivity index (χ4v) is 3.00. The van der Waals surface area contributed by atoms with Crippen molar-refractivity contribution in [2.24, 2.45) is 11.7 Å². The fraction of sp³-hybridized carbons (Fsp3) is 0.538. The smallest absolute Gasteiger partial charge is 0.0406 e. The molecule has 1 aromatic carbocycles. The van der Waals surface area contributed by atoms with Crippen LogP contribution in [0.1, 0.15) is 31.7 Å². The first-order valence-corrected chi connectivity index (χ1v) is 6.03. The topological polar surface area (TPSA) is 26.0 Å². The maximum atomic E-state index is 6.00. The van der Waals surface area contributed by atoms with E-state index in [9.17, 15) is 0 Å². The highest BCUT2D eigenvalue weighted by molar-refractivity contribution is 6.30. The van der Waals surface area contributed by atoms with Gasteiger partial charge in [0.25, 0.3) is 0 Å². The average molecular weight is 224 g/mol. The Labute approximate surface area is 96.6 Å². The molecule has 2 rings (SSSR count). The van der Waals surface area contributed by atoms with Gasteiger partial charge >= 0.3 is 0 Å². The molecule has 1 nitrogen and oxygen atoms in total. The molecule has 1 aliphatic carbocycles. The van der Waals surface area contributed by atoms with Gasteiger partial charge in [-0.2, -0.15) is 0 Å². The van der Waals surface area contributed by atoms with Crippen molar-refractivity contribution >= 4 is 11.6 Å². The van der Waals surface area contributed by atoms with Crippen molar-refractivity contribution in [2.75, 3.05) is 6.54 Å². The molecule has 1 aromatic rings. The first-order chi connectivity index (χ1) is 7.19. The van der Waals surface area contributed by atoms with Crippen molar-refractivity contribution in [2.45, 2.75) is 31.6 Å².